The van der Waals surface area contributed by atoms with E-state index >= 15 is 0 Å². The zero-order valence-electron chi connectivity index (χ0n) is 30.2. The van der Waals surface area contributed by atoms with Crippen LogP contribution in [0.2, 0.25) is 0 Å². The standard InChI is InChI=1S/C15H33N3O2.C13H29N3O.2C2H6/c1-6-16(3)10-8-11-18(5)15(19)9-13-20-14-12-17(4)7-2;1-6-14(3)10-8-11-16(5)13(17)9-12-15(4)7-2;2*1-2/h6-14H2,1-5H3;6-12H2,1-5H3;2*1-2H3. The van der Waals surface area contributed by atoms with Crippen molar-refractivity contribution in [2.45, 2.75) is 81.1 Å². The van der Waals surface area contributed by atoms with Crippen molar-refractivity contribution in [2.24, 2.45) is 0 Å². The molecule has 0 unspecified atom stereocenters. The predicted octanol–water partition coefficient (Wildman–Crippen LogP) is 4.33. The Balaban J connectivity index is -0.000000300. The van der Waals surface area contributed by atoms with E-state index in [2.05, 4.69) is 68.4 Å². The van der Waals surface area contributed by atoms with Gasteiger partial charge in [-0.2, -0.15) is 0 Å². The second kappa shape index (κ2) is 34.9. The summed E-state index contributed by atoms with van der Waals surface area (Å²) in [4.78, 5) is 36.2. The molecule has 0 aromatic carbocycles. The van der Waals surface area contributed by atoms with Crippen LogP contribution in [0.3, 0.4) is 0 Å². The smallest absolute Gasteiger partial charge is 0.224 e. The van der Waals surface area contributed by atoms with Crippen LogP contribution in [0.15, 0.2) is 0 Å². The van der Waals surface area contributed by atoms with Crippen LogP contribution in [0, 0.1) is 0 Å². The van der Waals surface area contributed by atoms with Gasteiger partial charge >= 0.3 is 0 Å². The van der Waals surface area contributed by atoms with Gasteiger partial charge in [-0.25, -0.2) is 0 Å². The van der Waals surface area contributed by atoms with E-state index in [9.17, 15) is 9.59 Å². The summed E-state index contributed by atoms with van der Waals surface area (Å²) in [6.07, 6.45) is 3.19. The first-order valence-electron chi connectivity index (χ1n) is 16.3. The first-order chi connectivity index (χ1) is 19.5. The second-order valence-electron chi connectivity index (χ2n) is 10.0. The van der Waals surface area contributed by atoms with E-state index in [1.54, 1.807) is 0 Å². The van der Waals surface area contributed by atoms with Crippen LogP contribution in [0.25, 0.3) is 0 Å². The lowest BCUT2D eigenvalue weighted by Gasteiger charge is -2.21. The third-order valence-electron chi connectivity index (χ3n) is 6.86. The first kappa shape index (κ1) is 46.7. The minimum atomic E-state index is 0.174. The predicted molar refractivity (Wildman–Crippen MR) is 180 cm³/mol. The van der Waals surface area contributed by atoms with Gasteiger partial charge in [-0.3, -0.25) is 9.59 Å². The summed E-state index contributed by atoms with van der Waals surface area (Å²) in [5.74, 6) is 0.428. The largest absolute Gasteiger partial charge is 0.380 e. The number of nitrogens with zero attached hydrogens (tertiary/aromatic N) is 6. The highest BCUT2D eigenvalue weighted by atomic mass is 16.5. The molecular weight excluding hydrogens is 516 g/mol. The fraction of sp³-hybridized carbons (Fsp3) is 0.938. The molecule has 0 fully saturated rings. The number of likely N-dealkylation sites (N-methyl/N-ethyl adjacent to an activating group) is 1. The quantitative estimate of drug-likeness (QED) is 0.185. The van der Waals surface area contributed by atoms with Crippen molar-refractivity contribution in [2.75, 3.05) is 121 Å². The maximum absolute atomic E-state index is 11.9. The van der Waals surface area contributed by atoms with Crippen molar-refractivity contribution in [3.8, 4) is 0 Å². The van der Waals surface area contributed by atoms with E-state index in [-0.39, 0.29) is 11.8 Å². The van der Waals surface area contributed by atoms with Crippen molar-refractivity contribution in [1.82, 2.24) is 29.4 Å². The number of carbonyl (C=O) groups is 2. The highest BCUT2D eigenvalue weighted by Crippen LogP contribution is 1.97. The Morgan fingerprint density at radius 2 is 0.805 bits per heavy atom. The first-order valence-corrected chi connectivity index (χ1v) is 16.3. The molecule has 0 radical (unpaired) electrons. The van der Waals surface area contributed by atoms with Gasteiger partial charge in [-0.1, -0.05) is 55.4 Å². The molecule has 0 saturated heterocycles. The molecule has 41 heavy (non-hydrogen) atoms. The molecule has 0 aromatic rings. The Kier molecular flexibility index (Phi) is 39.8. The van der Waals surface area contributed by atoms with E-state index in [1.165, 1.54) is 0 Å². The summed E-state index contributed by atoms with van der Waals surface area (Å²) in [6.45, 7) is 27.4. The van der Waals surface area contributed by atoms with Crippen molar-refractivity contribution >= 4 is 11.8 Å². The lowest BCUT2D eigenvalue weighted by atomic mass is 10.3. The zero-order chi connectivity index (χ0) is 32.6. The van der Waals surface area contributed by atoms with Crippen LogP contribution in [-0.2, 0) is 14.3 Å². The second-order valence-corrected chi connectivity index (χ2v) is 10.0. The molecule has 2 amide bonds. The highest BCUT2D eigenvalue weighted by molar-refractivity contribution is 5.76. The molecule has 0 aromatic heterocycles. The van der Waals surface area contributed by atoms with Crippen molar-refractivity contribution in [3.63, 3.8) is 0 Å². The summed E-state index contributed by atoms with van der Waals surface area (Å²) >= 11 is 0. The van der Waals surface area contributed by atoms with Crippen LogP contribution in [0.1, 0.15) is 81.1 Å². The Hall–Kier alpha value is -1.26. The van der Waals surface area contributed by atoms with Gasteiger partial charge in [0.05, 0.1) is 19.6 Å². The summed E-state index contributed by atoms with van der Waals surface area (Å²) in [5.41, 5.74) is 0. The molecule has 0 saturated carbocycles. The van der Waals surface area contributed by atoms with Crippen LogP contribution < -0.4 is 0 Å². The lowest BCUT2D eigenvalue weighted by Crippen LogP contribution is -2.32. The van der Waals surface area contributed by atoms with E-state index in [0.29, 0.717) is 26.1 Å². The minimum Gasteiger partial charge on any atom is -0.380 e. The van der Waals surface area contributed by atoms with Crippen molar-refractivity contribution in [3.05, 3.63) is 0 Å². The van der Waals surface area contributed by atoms with Crippen molar-refractivity contribution < 1.29 is 14.3 Å². The van der Waals surface area contributed by atoms with Crippen LogP contribution in [0.4, 0.5) is 0 Å². The molecule has 250 valence electrons. The highest BCUT2D eigenvalue weighted by Gasteiger charge is 2.10. The van der Waals surface area contributed by atoms with Gasteiger partial charge in [0.1, 0.15) is 0 Å². The molecule has 0 rings (SSSR count). The van der Waals surface area contributed by atoms with Crippen molar-refractivity contribution in [1.29, 1.82) is 0 Å². The summed E-state index contributed by atoms with van der Waals surface area (Å²) in [7, 11) is 12.1. The number of ether oxygens (including phenoxy) is 1. The number of carbonyl (C=O) groups excluding carboxylic acids is 2. The normalized spacial score (nSPS) is 10.5. The van der Waals surface area contributed by atoms with Gasteiger partial charge in [0.2, 0.25) is 11.8 Å². The molecule has 0 aliphatic carbocycles. The summed E-state index contributed by atoms with van der Waals surface area (Å²) in [6, 6.07) is 0. The zero-order valence-corrected chi connectivity index (χ0v) is 30.2. The third-order valence-corrected chi connectivity index (χ3v) is 6.86. The SMILES string of the molecule is CC.CC.CCN(C)CCCN(C)C(=O)CCN(C)CC.CCN(C)CCCN(C)C(=O)CCOCCN(C)CC. The maximum Gasteiger partial charge on any atom is 0.224 e. The lowest BCUT2D eigenvalue weighted by molar-refractivity contribution is -0.131. The van der Waals surface area contributed by atoms with Gasteiger partial charge in [-0.15, -0.1) is 0 Å². The Bertz CT molecular complexity index is 554. The molecule has 0 N–H and O–H groups in total. The van der Waals surface area contributed by atoms with Crippen LogP contribution in [0.5, 0.6) is 0 Å². The van der Waals surface area contributed by atoms with Gasteiger partial charge < -0.3 is 34.1 Å². The minimum absolute atomic E-state index is 0.174. The number of hydrogen-bond donors (Lipinski definition) is 0. The number of amides is 2. The maximum atomic E-state index is 11.9. The van der Waals surface area contributed by atoms with Gasteiger partial charge in [0, 0.05) is 46.7 Å². The Labute approximate surface area is 257 Å². The Morgan fingerprint density at radius 3 is 1.20 bits per heavy atom. The molecule has 0 aliphatic rings. The molecule has 0 aliphatic heterocycles. The summed E-state index contributed by atoms with van der Waals surface area (Å²) < 4.78 is 5.49. The van der Waals surface area contributed by atoms with Gasteiger partial charge in [-0.05, 0) is 80.3 Å². The van der Waals surface area contributed by atoms with E-state index < -0.39 is 0 Å². The van der Waals surface area contributed by atoms with E-state index in [4.69, 9.17) is 4.74 Å². The average Bonchev–Trinajstić information content (AvgIpc) is 3.00. The van der Waals surface area contributed by atoms with E-state index in [0.717, 1.165) is 78.3 Å². The molecular formula is C32H74N6O3. The van der Waals surface area contributed by atoms with Crippen LogP contribution in [-0.4, -0.2) is 162 Å². The van der Waals surface area contributed by atoms with Crippen LogP contribution >= 0.6 is 0 Å². The van der Waals surface area contributed by atoms with Gasteiger partial charge in [0.15, 0.2) is 0 Å². The number of hydrogen-bond acceptors (Lipinski definition) is 7. The molecule has 0 atom stereocenters. The molecule has 0 spiro atoms. The topological polar surface area (TPSA) is 62.8 Å². The molecule has 0 bridgehead atoms. The fourth-order valence-corrected chi connectivity index (χ4v) is 3.19. The summed E-state index contributed by atoms with van der Waals surface area (Å²) in [5, 5.41) is 0. The molecule has 9 heteroatoms. The average molecular weight is 591 g/mol. The fourth-order valence-electron chi connectivity index (χ4n) is 3.19. The monoisotopic (exact) mass is 591 g/mol. The molecule has 0 heterocycles. The Morgan fingerprint density at radius 1 is 0.463 bits per heavy atom. The van der Waals surface area contributed by atoms with E-state index in [1.807, 2.05) is 58.6 Å². The van der Waals surface area contributed by atoms with Gasteiger partial charge in [0.25, 0.3) is 0 Å². The third kappa shape index (κ3) is 33.1. The molecule has 9 nitrogen and oxygen atoms in total. The number of rotatable bonds is 21.